The number of primary amides is 1. The largest absolute Gasteiger partial charge is 0.497 e. The highest BCUT2D eigenvalue weighted by molar-refractivity contribution is 7.09. The first kappa shape index (κ1) is 25.6. The fraction of sp³-hybridized carbons (Fsp3) is 0.217. The van der Waals surface area contributed by atoms with Crippen LogP contribution >= 0.6 is 11.5 Å². The fourth-order valence-electron chi connectivity index (χ4n) is 3.30. The van der Waals surface area contributed by atoms with Crippen LogP contribution in [0.4, 0.5) is 15.8 Å². The third-order valence-electron chi connectivity index (χ3n) is 5.02. The smallest absolute Gasteiger partial charge is 0.273 e. The standard InChI is InChI=1S/C23H24FN5O5S/c1-33-12-11-27-22(31)19(13-3-5-14(24)6-4-13)29(15-7-9-16(34-2)10-8-15)23(32)20-17(25)18(21(26)30)28-35-20/h3-10,19H,11-12,25H2,1-2H3,(H2,26,30)(H,27,31)/t19-/m1/s1. The lowest BCUT2D eigenvalue weighted by Crippen LogP contribution is -2.44. The summed E-state index contributed by atoms with van der Waals surface area (Å²) in [6.07, 6.45) is 0. The second kappa shape index (κ2) is 11.4. The number of aromatic nitrogens is 1. The van der Waals surface area contributed by atoms with Gasteiger partial charge < -0.3 is 26.3 Å². The lowest BCUT2D eigenvalue weighted by Gasteiger charge is -2.31. The molecule has 0 saturated heterocycles. The molecule has 3 amide bonds. The predicted octanol–water partition coefficient (Wildman–Crippen LogP) is 2.12. The number of benzene rings is 2. The van der Waals surface area contributed by atoms with Crippen molar-refractivity contribution in [1.82, 2.24) is 9.69 Å². The maximum absolute atomic E-state index is 13.8. The van der Waals surface area contributed by atoms with Gasteiger partial charge in [0.2, 0.25) is 5.91 Å². The maximum atomic E-state index is 13.8. The van der Waals surface area contributed by atoms with E-state index in [2.05, 4.69) is 9.69 Å². The fourth-order valence-corrected chi connectivity index (χ4v) is 4.04. The molecule has 184 valence electrons. The quantitative estimate of drug-likeness (QED) is 0.360. The Kier molecular flexibility index (Phi) is 8.34. The van der Waals surface area contributed by atoms with E-state index in [4.69, 9.17) is 20.9 Å². The van der Waals surface area contributed by atoms with Gasteiger partial charge in [0, 0.05) is 19.3 Å². The Morgan fingerprint density at radius 2 is 1.77 bits per heavy atom. The van der Waals surface area contributed by atoms with Gasteiger partial charge in [0.25, 0.3) is 11.8 Å². The normalized spacial score (nSPS) is 11.5. The summed E-state index contributed by atoms with van der Waals surface area (Å²) < 4.78 is 27.8. The number of anilines is 2. The highest BCUT2D eigenvalue weighted by Gasteiger charge is 2.36. The molecule has 2 aromatic carbocycles. The Balaban J connectivity index is 2.17. The highest BCUT2D eigenvalue weighted by Crippen LogP contribution is 2.34. The molecule has 1 heterocycles. The Morgan fingerprint density at radius 3 is 2.31 bits per heavy atom. The van der Waals surface area contributed by atoms with E-state index in [0.717, 1.165) is 0 Å². The molecule has 0 spiro atoms. The average Bonchev–Trinajstić information content (AvgIpc) is 3.24. The molecule has 0 saturated carbocycles. The van der Waals surface area contributed by atoms with Crippen LogP contribution in [0, 0.1) is 5.82 Å². The number of ether oxygens (including phenoxy) is 2. The van der Waals surface area contributed by atoms with E-state index < -0.39 is 29.6 Å². The molecular weight excluding hydrogens is 477 g/mol. The average molecular weight is 502 g/mol. The molecule has 3 rings (SSSR count). The molecule has 0 aliphatic heterocycles. The SMILES string of the molecule is COCCNC(=O)[C@@H](c1ccc(F)cc1)N(C(=O)c1snc(C(N)=O)c1N)c1ccc(OC)cc1. The minimum Gasteiger partial charge on any atom is -0.497 e. The summed E-state index contributed by atoms with van der Waals surface area (Å²) in [6, 6.07) is 10.4. The Labute approximate surface area is 204 Å². The van der Waals surface area contributed by atoms with Crippen LogP contribution in [0.3, 0.4) is 0 Å². The molecule has 0 radical (unpaired) electrons. The lowest BCUT2D eigenvalue weighted by molar-refractivity contribution is -0.122. The molecule has 0 aliphatic carbocycles. The van der Waals surface area contributed by atoms with Crippen LogP contribution in [0.15, 0.2) is 48.5 Å². The van der Waals surface area contributed by atoms with Crippen LogP contribution in [0.2, 0.25) is 0 Å². The summed E-state index contributed by atoms with van der Waals surface area (Å²) in [7, 11) is 2.98. The zero-order valence-electron chi connectivity index (χ0n) is 19.0. The van der Waals surface area contributed by atoms with Crippen molar-refractivity contribution >= 4 is 40.6 Å². The van der Waals surface area contributed by atoms with E-state index >= 15 is 0 Å². The molecule has 35 heavy (non-hydrogen) atoms. The number of rotatable bonds is 10. The van der Waals surface area contributed by atoms with Crippen LogP contribution in [0.5, 0.6) is 5.75 Å². The van der Waals surface area contributed by atoms with Crippen molar-refractivity contribution in [2.75, 3.05) is 38.0 Å². The number of hydrogen-bond acceptors (Lipinski definition) is 8. The second-order valence-corrected chi connectivity index (χ2v) is 8.02. The lowest BCUT2D eigenvalue weighted by atomic mass is 10.0. The number of nitrogens with one attached hydrogen (secondary N) is 1. The number of carbonyl (C=O) groups is 3. The summed E-state index contributed by atoms with van der Waals surface area (Å²) >= 11 is 0.688. The number of methoxy groups -OCH3 is 2. The number of carbonyl (C=O) groups excluding carboxylic acids is 3. The summed E-state index contributed by atoms with van der Waals surface area (Å²) in [6.45, 7) is 0.411. The maximum Gasteiger partial charge on any atom is 0.273 e. The van der Waals surface area contributed by atoms with Gasteiger partial charge >= 0.3 is 0 Å². The van der Waals surface area contributed by atoms with Gasteiger partial charge in [0.1, 0.15) is 22.5 Å². The summed E-state index contributed by atoms with van der Waals surface area (Å²) in [5.74, 6) is -2.11. The molecule has 1 atom stereocenters. The van der Waals surface area contributed by atoms with Crippen molar-refractivity contribution in [1.29, 1.82) is 0 Å². The van der Waals surface area contributed by atoms with Gasteiger partial charge in [-0.05, 0) is 53.5 Å². The molecule has 0 unspecified atom stereocenters. The summed E-state index contributed by atoms with van der Waals surface area (Å²) in [5, 5.41) is 2.72. The molecule has 5 N–H and O–H groups in total. The minimum atomic E-state index is -1.23. The monoisotopic (exact) mass is 501 g/mol. The minimum absolute atomic E-state index is 0.0774. The van der Waals surface area contributed by atoms with Gasteiger partial charge in [0.05, 0.1) is 19.4 Å². The van der Waals surface area contributed by atoms with Crippen molar-refractivity contribution in [3.63, 3.8) is 0 Å². The van der Waals surface area contributed by atoms with E-state index in [0.29, 0.717) is 28.5 Å². The number of halogens is 1. The molecule has 1 aromatic heterocycles. The third kappa shape index (κ3) is 5.73. The summed E-state index contributed by atoms with van der Waals surface area (Å²) in [4.78, 5) is 40.0. The van der Waals surface area contributed by atoms with Crippen molar-refractivity contribution in [3.05, 3.63) is 70.5 Å². The molecule has 0 bridgehead atoms. The Morgan fingerprint density at radius 1 is 1.11 bits per heavy atom. The zero-order chi connectivity index (χ0) is 25.5. The van der Waals surface area contributed by atoms with E-state index in [9.17, 15) is 18.8 Å². The number of nitrogens with zero attached hydrogens (tertiary/aromatic N) is 2. The van der Waals surface area contributed by atoms with Gasteiger partial charge in [-0.25, -0.2) is 4.39 Å². The van der Waals surface area contributed by atoms with E-state index in [-0.39, 0.29) is 29.4 Å². The van der Waals surface area contributed by atoms with Crippen molar-refractivity contribution in [2.45, 2.75) is 6.04 Å². The van der Waals surface area contributed by atoms with E-state index in [1.165, 1.54) is 43.4 Å². The number of nitrogen functional groups attached to an aromatic ring is 1. The molecule has 12 heteroatoms. The van der Waals surface area contributed by atoms with Gasteiger partial charge in [-0.3, -0.25) is 19.3 Å². The van der Waals surface area contributed by atoms with Crippen LogP contribution in [-0.4, -0.2) is 49.5 Å². The van der Waals surface area contributed by atoms with Gasteiger partial charge in [-0.15, -0.1) is 0 Å². The van der Waals surface area contributed by atoms with E-state index in [1.807, 2.05) is 0 Å². The van der Waals surface area contributed by atoms with Crippen LogP contribution in [0.1, 0.15) is 31.8 Å². The van der Waals surface area contributed by atoms with Crippen LogP contribution in [0.25, 0.3) is 0 Å². The number of amides is 3. The molecule has 0 aliphatic rings. The second-order valence-electron chi connectivity index (χ2n) is 7.25. The number of nitrogens with two attached hydrogens (primary N) is 2. The molecular formula is C23H24FN5O5S. The zero-order valence-corrected chi connectivity index (χ0v) is 19.8. The van der Waals surface area contributed by atoms with Crippen molar-refractivity contribution < 1.29 is 28.2 Å². The topological polar surface area (TPSA) is 150 Å². The number of hydrogen-bond donors (Lipinski definition) is 3. The van der Waals surface area contributed by atoms with E-state index in [1.54, 1.807) is 24.3 Å². The summed E-state index contributed by atoms with van der Waals surface area (Å²) in [5.41, 5.74) is 11.5. The molecule has 0 fully saturated rings. The highest BCUT2D eigenvalue weighted by atomic mass is 32.1. The van der Waals surface area contributed by atoms with Crippen molar-refractivity contribution in [2.24, 2.45) is 5.73 Å². The van der Waals surface area contributed by atoms with Gasteiger partial charge in [0.15, 0.2) is 5.69 Å². The Hall–Kier alpha value is -4.03. The molecule has 3 aromatic rings. The first-order chi connectivity index (χ1) is 16.8. The van der Waals surface area contributed by atoms with Crippen LogP contribution < -0.4 is 26.4 Å². The first-order valence-electron chi connectivity index (χ1n) is 10.3. The third-order valence-corrected chi connectivity index (χ3v) is 5.87. The Bertz CT molecular complexity index is 1200. The predicted molar refractivity (Wildman–Crippen MR) is 129 cm³/mol. The van der Waals surface area contributed by atoms with Gasteiger partial charge in [-0.1, -0.05) is 12.1 Å². The first-order valence-corrected chi connectivity index (χ1v) is 11.1. The van der Waals surface area contributed by atoms with Crippen molar-refractivity contribution in [3.8, 4) is 5.75 Å². The van der Waals surface area contributed by atoms with Crippen LogP contribution in [-0.2, 0) is 9.53 Å². The molecule has 10 nitrogen and oxygen atoms in total. The van der Waals surface area contributed by atoms with Gasteiger partial charge in [-0.2, -0.15) is 4.37 Å².